The van der Waals surface area contributed by atoms with Crippen molar-refractivity contribution >= 4 is 11.6 Å². The number of aromatic nitrogens is 2. The Morgan fingerprint density at radius 2 is 2.09 bits per heavy atom. The summed E-state index contributed by atoms with van der Waals surface area (Å²) in [4.78, 5) is 11.9. The molecule has 0 aliphatic carbocycles. The Labute approximate surface area is 196 Å². The number of halogens is 2. The van der Waals surface area contributed by atoms with E-state index in [2.05, 4.69) is 16.7 Å². The van der Waals surface area contributed by atoms with Crippen molar-refractivity contribution in [3.05, 3.63) is 84.0 Å². The Kier molecular flexibility index (Phi) is 6.28. The van der Waals surface area contributed by atoms with Gasteiger partial charge in [0.15, 0.2) is 5.84 Å². The third kappa shape index (κ3) is 4.46. The molecule has 0 amide bonds. The first-order valence-corrected chi connectivity index (χ1v) is 10.7. The van der Waals surface area contributed by atoms with Crippen LogP contribution in [0, 0.1) is 6.92 Å². The molecule has 9 heteroatoms. The fraction of sp³-hybridized carbons (Fsp3) is 0.280. The van der Waals surface area contributed by atoms with Crippen LogP contribution in [0.2, 0.25) is 0 Å². The lowest BCUT2D eigenvalue weighted by Gasteiger charge is -2.33. The van der Waals surface area contributed by atoms with Gasteiger partial charge in [-0.2, -0.15) is 0 Å². The number of allylic oxidation sites excluding steroid dienone is 4. The Balaban J connectivity index is 1.63. The SMILES string of the molecule is C=C(F)C=C(F)C=C(C)C1(C)ON=C2C=C(c3ccc(-n4cnc(C)c4)c(OC)c3)OCCN21. The van der Waals surface area contributed by atoms with Crippen molar-refractivity contribution in [3.63, 3.8) is 0 Å². The van der Waals surface area contributed by atoms with Gasteiger partial charge in [-0.3, -0.25) is 0 Å². The summed E-state index contributed by atoms with van der Waals surface area (Å²) in [6.07, 6.45) is 7.35. The van der Waals surface area contributed by atoms with Crippen molar-refractivity contribution < 1.29 is 23.1 Å². The van der Waals surface area contributed by atoms with Crippen molar-refractivity contribution in [2.75, 3.05) is 20.3 Å². The van der Waals surface area contributed by atoms with Crippen LogP contribution in [0.3, 0.4) is 0 Å². The second kappa shape index (κ2) is 9.17. The minimum absolute atomic E-state index is 0.349. The molecule has 2 aromatic rings. The Morgan fingerprint density at radius 1 is 1.29 bits per heavy atom. The molecule has 1 unspecified atom stereocenters. The van der Waals surface area contributed by atoms with Crippen LogP contribution in [0.1, 0.15) is 25.1 Å². The van der Waals surface area contributed by atoms with Crippen molar-refractivity contribution in [1.82, 2.24) is 14.5 Å². The molecule has 0 N–H and O–H groups in total. The van der Waals surface area contributed by atoms with Crippen molar-refractivity contribution in [1.29, 1.82) is 0 Å². The summed E-state index contributed by atoms with van der Waals surface area (Å²) in [5.41, 5.74) is 2.02. The van der Waals surface area contributed by atoms with E-state index in [1.54, 1.807) is 33.4 Å². The molecular weight excluding hydrogens is 442 g/mol. The van der Waals surface area contributed by atoms with Crippen LogP contribution < -0.4 is 4.74 Å². The minimum atomic E-state index is -1.05. The fourth-order valence-electron chi connectivity index (χ4n) is 3.87. The standard InChI is InChI=1S/C25H26F2N4O3/c1-16(10-20(27)11-17(2)26)25(4)31-8-9-33-22(13-24(31)29-34-25)19-6-7-21(23(12-19)32-5)30-14-18(3)28-15-30/h6-7,10-15H,2,8-9H2,1,3-5H3. The zero-order valence-corrected chi connectivity index (χ0v) is 19.5. The number of hydrogen-bond acceptors (Lipinski definition) is 6. The van der Waals surface area contributed by atoms with Crippen molar-refractivity contribution in [2.24, 2.45) is 5.16 Å². The number of rotatable bonds is 6. The van der Waals surface area contributed by atoms with E-state index in [4.69, 9.17) is 14.3 Å². The van der Waals surface area contributed by atoms with E-state index >= 15 is 0 Å². The molecule has 3 heterocycles. The van der Waals surface area contributed by atoms with Crippen molar-refractivity contribution in [2.45, 2.75) is 26.5 Å². The fourth-order valence-corrected chi connectivity index (χ4v) is 3.87. The Hall–Kier alpha value is -3.88. The van der Waals surface area contributed by atoms with Gasteiger partial charge in [-0.05, 0) is 43.7 Å². The first-order chi connectivity index (χ1) is 16.2. The molecule has 4 rings (SSSR count). The van der Waals surface area contributed by atoms with Gasteiger partial charge >= 0.3 is 0 Å². The minimum Gasteiger partial charge on any atom is -0.495 e. The Morgan fingerprint density at radius 3 is 2.76 bits per heavy atom. The van der Waals surface area contributed by atoms with Gasteiger partial charge in [0, 0.05) is 30.8 Å². The van der Waals surface area contributed by atoms with Gasteiger partial charge in [0.05, 0.1) is 31.4 Å². The third-order valence-corrected chi connectivity index (χ3v) is 5.78. The summed E-state index contributed by atoms with van der Waals surface area (Å²) in [6.45, 7) is 9.25. The van der Waals surface area contributed by atoms with E-state index in [9.17, 15) is 8.78 Å². The average Bonchev–Trinajstić information content (AvgIpc) is 3.28. The van der Waals surface area contributed by atoms with Gasteiger partial charge in [0.25, 0.3) is 0 Å². The maximum atomic E-state index is 14.1. The normalized spacial score (nSPS) is 20.6. The second-order valence-corrected chi connectivity index (χ2v) is 8.14. The highest BCUT2D eigenvalue weighted by molar-refractivity contribution is 5.99. The predicted octanol–water partition coefficient (Wildman–Crippen LogP) is 5.21. The van der Waals surface area contributed by atoms with Gasteiger partial charge in [-0.15, -0.1) is 0 Å². The lowest BCUT2D eigenvalue weighted by atomic mass is 10.0. The zero-order chi connectivity index (χ0) is 24.5. The number of aryl methyl sites for hydroxylation is 1. The molecule has 2 aliphatic heterocycles. The number of fused-ring (bicyclic) bond motifs is 1. The maximum Gasteiger partial charge on any atom is 0.230 e. The molecule has 0 saturated heterocycles. The zero-order valence-electron chi connectivity index (χ0n) is 19.5. The number of ether oxygens (including phenoxy) is 2. The van der Waals surface area contributed by atoms with Crippen LogP contribution in [0.5, 0.6) is 5.75 Å². The Bertz CT molecular complexity index is 1240. The number of methoxy groups -OCH3 is 1. The average molecular weight is 469 g/mol. The van der Waals surface area contributed by atoms with E-state index in [0.717, 1.165) is 23.0 Å². The summed E-state index contributed by atoms with van der Waals surface area (Å²) >= 11 is 0. The molecule has 7 nitrogen and oxygen atoms in total. The number of benzene rings is 1. The number of hydrogen-bond donors (Lipinski definition) is 0. The quantitative estimate of drug-likeness (QED) is 0.545. The lowest BCUT2D eigenvalue weighted by Crippen LogP contribution is -2.47. The molecule has 0 bridgehead atoms. The van der Waals surface area contributed by atoms with Crippen LogP contribution in [-0.4, -0.2) is 46.3 Å². The number of oxime groups is 1. The summed E-state index contributed by atoms with van der Waals surface area (Å²) in [7, 11) is 1.61. The largest absolute Gasteiger partial charge is 0.495 e. The van der Waals surface area contributed by atoms with Gasteiger partial charge in [-0.25, -0.2) is 13.8 Å². The van der Waals surface area contributed by atoms with Gasteiger partial charge in [-0.1, -0.05) is 11.7 Å². The monoisotopic (exact) mass is 468 g/mol. The number of imidazole rings is 1. The molecular formula is C25H26F2N4O3. The smallest absolute Gasteiger partial charge is 0.230 e. The third-order valence-electron chi connectivity index (χ3n) is 5.78. The molecule has 1 aromatic heterocycles. The van der Waals surface area contributed by atoms with Gasteiger partial charge < -0.3 is 23.8 Å². The first kappa shape index (κ1) is 23.3. The first-order valence-electron chi connectivity index (χ1n) is 10.7. The highest BCUT2D eigenvalue weighted by atomic mass is 19.1. The molecule has 2 aliphatic rings. The summed E-state index contributed by atoms with van der Waals surface area (Å²) in [5, 5.41) is 4.21. The van der Waals surface area contributed by atoms with Gasteiger partial charge in [0.1, 0.15) is 29.8 Å². The molecule has 1 aromatic carbocycles. The second-order valence-electron chi connectivity index (χ2n) is 8.14. The van der Waals surface area contributed by atoms with E-state index in [1.165, 1.54) is 6.08 Å². The summed E-state index contributed by atoms with van der Waals surface area (Å²) < 4.78 is 40.5. The number of nitrogens with zero attached hydrogens (tertiary/aromatic N) is 4. The van der Waals surface area contributed by atoms with Crippen LogP contribution in [0.4, 0.5) is 8.78 Å². The van der Waals surface area contributed by atoms with Crippen LogP contribution in [-0.2, 0) is 9.57 Å². The highest BCUT2D eigenvalue weighted by Gasteiger charge is 2.43. The molecule has 0 saturated carbocycles. The topological polar surface area (TPSA) is 61.1 Å². The molecule has 0 spiro atoms. The molecule has 34 heavy (non-hydrogen) atoms. The van der Waals surface area contributed by atoms with E-state index in [-0.39, 0.29) is 0 Å². The molecule has 0 fully saturated rings. The van der Waals surface area contributed by atoms with Crippen LogP contribution in [0.15, 0.2) is 77.9 Å². The molecule has 178 valence electrons. The van der Waals surface area contributed by atoms with E-state index < -0.39 is 17.4 Å². The predicted molar refractivity (Wildman–Crippen MR) is 126 cm³/mol. The lowest BCUT2D eigenvalue weighted by molar-refractivity contribution is -0.0562. The van der Waals surface area contributed by atoms with Crippen LogP contribution in [0.25, 0.3) is 11.4 Å². The summed E-state index contributed by atoms with van der Waals surface area (Å²) in [5.74, 6) is 0.171. The number of amidine groups is 1. The van der Waals surface area contributed by atoms with Crippen LogP contribution >= 0.6 is 0 Å². The van der Waals surface area contributed by atoms with Gasteiger partial charge in [0.2, 0.25) is 5.72 Å². The van der Waals surface area contributed by atoms with E-state index in [1.807, 2.05) is 40.8 Å². The summed E-state index contributed by atoms with van der Waals surface area (Å²) in [6, 6.07) is 5.75. The van der Waals surface area contributed by atoms with Crippen molar-refractivity contribution in [3.8, 4) is 11.4 Å². The molecule has 0 radical (unpaired) electrons. The maximum absolute atomic E-state index is 14.1. The highest BCUT2D eigenvalue weighted by Crippen LogP contribution is 2.36. The molecule has 1 atom stereocenters. The van der Waals surface area contributed by atoms with E-state index in [0.29, 0.717) is 36.1 Å².